The average Bonchev–Trinajstić information content (AvgIpc) is 3.56. The molecule has 3 heteroatoms. The zero-order valence-electron chi connectivity index (χ0n) is 33.8. The quantitative estimate of drug-likeness (QED) is 0.0843. The van der Waals surface area contributed by atoms with Crippen LogP contribution in [0.2, 0.25) is 0 Å². The predicted octanol–water partition coefficient (Wildman–Crippen LogP) is 13.6. The summed E-state index contributed by atoms with van der Waals surface area (Å²) in [4.78, 5) is 7.98. The van der Waals surface area contributed by atoms with Crippen LogP contribution in [0.5, 0.6) is 0 Å². The van der Waals surface area contributed by atoms with E-state index in [1.807, 2.05) is 11.4 Å². The lowest BCUT2D eigenvalue weighted by Gasteiger charge is -2.27. The lowest BCUT2D eigenvalue weighted by Crippen LogP contribution is -2.27. The molecule has 0 unspecified atom stereocenters. The van der Waals surface area contributed by atoms with Crippen molar-refractivity contribution in [2.75, 3.05) is 22.9 Å². The van der Waals surface area contributed by atoms with Crippen LogP contribution in [0.15, 0.2) is 155 Å². The van der Waals surface area contributed by atoms with Crippen LogP contribution in [0.1, 0.15) is 97.6 Å². The van der Waals surface area contributed by atoms with E-state index in [1.54, 1.807) is 0 Å². The minimum atomic E-state index is -0.110. The summed E-state index contributed by atoms with van der Waals surface area (Å²) in [7, 11) is 0. The summed E-state index contributed by atoms with van der Waals surface area (Å²) >= 11 is 1.95. The summed E-state index contributed by atoms with van der Waals surface area (Å²) in [6, 6.07) is 38.2. The molecule has 0 bridgehead atoms. The Morgan fingerprint density at radius 2 is 1.00 bits per heavy atom. The zero-order valence-corrected chi connectivity index (χ0v) is 34.6. The minimum absolute atomic E-state index is 0.110. The molecule has 0 aromatic heterocycles. The monoisotopic (exact) mass is 741 g/mol. The maximum Gasteiger partial charge on any atom is 0.237 e. The number of hydrogen-bond acceptors (Lipinski definition) is 2. The van der Waals surface area contributed by atoms with Gasteiger partial charge in [-0.1, -0.05) is 145 Å². The van der Waals surface area contributed by atoms with Crippen LogP contribution >= 0.6 is 0 Å². The molecule has 8 rings (SSSR count). The summed E-state index contributed by atoms with van der Waals surface area (Å²) in [5.74, 6) is 0. The Labute approximate surface area is 333 Å². The summed E-state index contributed by atoms with van der Waals surface area (Å²) in [5.41, 5.74) is 11.2. The maximum absolute atomic E-state index is 2.63. The Balaban J connectivity index is 1.24. The molecule has 0 radical (unpaired) electrons. The van der Waals surface area contributed by atoms with E-state index in [4.69, 9.17) is 0 Å². The highest BCUT2D eigenvalue weighted by atomic mass is 32.1. The molecule has 1 saturated carbocycles. The van der Waals surface area contributed by atoms with Crippen LogP contribution in [0, 0.1) is 0 Å². The lowest BCUT2D eigenvalue weighted by atomic mass is 9.80. The molecule has 2 aliphatic heterocycles. The largest absolute Gasteiger partial charge is 0.344 e. The van der Waals surface area contributed by atoms with Crippen LogP contribution in [-0.2, 0) is 22.2 Å². The van der Waals surface area contributed by atoms with E-state index in [2.05, 4.69) is 179 Å². The number of nitrogens with zero attached hydrogens (tertiary/aromatic N) is 2. The average molecular weight is 742 g/mol. The molecule has 280 valence electrons. The molecule has 5 aromatic carbocycles. The normalized spacial score (nSPS) is 21.2. The molecular weight excluding hydrogens is 685 g/mol. The van der Waals surface area contributed by atoms with Crippen molar-refractivity contribution >= 4 is 49.1 Å². The van der Waals surface area contributed by atoms with Gasteiger partial charge < -0.3 is 9.80 Å². The van der Waals surface area contributed by atoms with Gasteiger partial charge in [0.2, 0.25) is 21.1 Å². The van der Waals surface area contributed by atoms with E-state index < -0.39 is 0 Å². The molecule has 0 atom stereocenters. The number of allylic oxidation sites excluding steroid dienone is 8. The first-order valence-electron chi connectivity index (χ1n) is 20.8. The highest BCUT2D eigenvalue weighted by Crippen LogP contribution is 2.52. The topological polar surface area (TPSA) is 6.48 Å². The van der Waals surface area contributed by atoms with Crippen LogP contribution in [0.3, 0.4) is 0 Å². The fourth-order valence-electron chi connectivity index (χ4n) is 9.50. The van der Waals surface area contributed by atoms with Gasteiger partial charge in [-0.25, -0.2) is 0 Å². The van der Waals surface area contributed by atoms with Gasteiger partial charge in [0.05, 0.1) is 0 Å². The minimum Gasteiger partial charge on any atom is -0.344 e. The Hall–Kier alpha value is -4.73. The van der Waals surface area contributed by atoms with Gasteiger partial charge >= 0.3 is 0 Å². The number of unbranched alkanes of at least 4 members (excludes halogenated alkanes) is 2. The molecule has 0 spiro atoms. The van der Waals surface area contributed by atoms with Gasteiger partial charge in [-0.15, -0.1) is 0 Å². The first kappa shape index (κ1) is 37.2. The van der Waals surface area contributed by atoms with Crippen molar-refractivity contribution in [2.45, 2.75) is 102 Å². The highest BCUT2D eigenvalue weighted by molar-refractivity contribution is 7.79. The van der Waals surface area contributed by atoms with E-state index >= 15 is 0 Å². The van der Waals surface area contributed by atoms with Gasteiger partial charge in [-0.3, -0.25) is 0 Å². The van der Waals surface area contributed by atoms with E-state index in [0.29, 0.717) is 0 Å². The number of rotatable bonds is 9. The van der Waals surface area contributed by atoms with Crippen LogP contribution in [0.4, 0.5) is 11.4 Å². The number of anilines is 2. The first-order valence-corrected chi connectivity index (χ1v) is 21.6. The third-order valence-electron chi connectivity index (χ3n) is 12.3. The Morgan fingerprint density at radius 1 is 0.545 bits per heavy atom. The lowest BCUT2D eigenvalue weighted by molar-refractivity contribution is 0.628. The fourth-order valence-corrected chi connectivity index (χ4v) is 10.6. The smallest absolute Gasteiger partial charge is 0.237 e. The summed E-state index contributed by atoms with van der Waals surface area (Å²) < 4.78 is 0. The van der Waals surface area contributed by atoms with Crippen LogP contribution in [-0.4, -0.2) is 18.0 Å². The third kappa shape index (κ3) is 6.80. The van der Waals surface area contributed by atoms with Gasteiger partial charge in [-0.05, 0) is 89.1 Å². The second kappa shape index (κ2) is 15.4. The van der Waals surface area contributed by atoms with E-state index in [1.165, 1.54) is 102 Å². The molecule has 0 saturated heterocycles. The van der Waals surface area contributed by atoms with Gasteiger partial charge in [0.15, 0.2) is 0 Å². The summed E-state index contributed by atoms with van der Waals surface area (Å²) in [6.07, 6.45) is 18.0. The maximum atomic E-state index is 2.63. The zero-order chi connectivity index (χ0) is 38.2. The second-order valence-electron chi connectivity index (χ2n) is 16.7. The molecule has 3 aliphatic rings. The highest BCUT2D eigenvalue weighted by Gasteiger charge is 2.42. The van der Waals surface area contributed by atoms with Crippen molar-refractivity contribution in [1.29, 1.82) is 0 Å². The predicted molar refractivity (Wildman–Crippen MR) is 242 cm³/mol. The van der Waals surface area contributed by atoms with Crippen molar-refractivity contribution in [3.8, 4) is 0 Å². The Bertz CT molecular complexity index is 2240. The van der Waals surface area contributed by atoms with Crippen LogP contribution in [0.25, 0.3) is 21.5 Å². The van der Waals surface area contributed by atoms with Crippen LogP contribution < -0.4 is 9.80 Å². The molecule has 1 aliphatic carbocycles. The number of fused-ring (bicyclic) bond motifs is 6. The number of benzene rings is 5. The van der Waals surface area contributed by atoms with Crippen molar-refractivity contribution in [1.82, 2.24) is 0 Å². The van der Waals surface area contributed by atoms with Gasteiger partial charge in [0.25, 0.3) is 0 Å². The molecular formula is C52H57N2S+. The molecule has 1 fully saturated rings. The Kier molecular flexibility index (Phi) is 10.4. The fraction of sp³-hybridized carbons (Fsp3) is 0.327. The van der Waals surface area contributed by atoms with E-state index in [0.717, 1.165) is 32.4 Å². The molecule has 0 amide bonds. The first-order chi connectivity index (χ1) is 26.7. The van der Waals surface area contributed by atoms with Crippen molar-refractivity contribution in [3.05, 3.63) is 161 Å². The van der Waals surface area contributed by atoms with E-state index in [9.17, 15) is 0 Å². The second-order valence-corrected chi connectivity index (χ2v) is 17.8. The summed E-state index contributed by atoms with van der Waals surface area (Å²) in [6.45, 7) is 16.4. The molecule has 55 heavy (non-hydrogen) atoms. The molecule has 5 aromatic rings. The van der Waals surface area contributed by atoms with Crippen molar-refractivity contribution < 1.29 is 0 Å². The third-order valence-corrected chi connectivity index (χ3v) is 13.5. The SMILES string of the molecule is CCCCN1C(=C/C=C2\CCC/C(=C\C=C3/N(CCCC)c4ccc5ccccc5c4C3(C)C)C2=[S+]c2ccccc2)C(C)(C)c2c1ccc1ccccc21. The Morgan fingerprint density at radius 3 is 1.47 bits per heavy atom. The van der Waals surface area contributed by atoms with Gasteiger partial charge in [-0.2, -0.15) is 0 Å². The summed E-state index contributed by atoms with van der Waals surface area (Å²) in [5, 5.41) is 5.41. The van der Waals surface area contributed by atoms with E-state index in [-0.39, 0.29) is 10.8 Å². The molecule has 0 N–H and O–H groups in total. The van der Waals surface area contributed by atoms with Crippen molar-refractivity contribution in [3.63, 3.8) is 0 Å². The molecule has 2 heterocycles. The standard InChI is InChI=1S/C52H57N2S/c1-7-9-35-53-44-31-27-37-19-14-16-25-42(37)48(44)51(3,4)46(53)33-29-39-21-18-22-40(50(39)55-41-23-12-11-13-24-41)30-34-47-52(5,6)49-43-26-17-15-20-38(43)28-32-45(49)54(47)36-10-8-2/h11-17,19-20,23-34H,7-10,18,21-22,35-36H2,1-6H3/q+1/b39-29+,40-30+,46-33-,47-34?. The van der Waals surface area contributed by atoms with Gasteiger partial charge in [0, 0.05) is 70.0 Å². The van der Waals surface area contributed by atoms with Crippen molar-refractivity contribution in [2.24, 2.45) is 0 Å². The number of hydrogen-bond donors (Lipinski definition) is 0. The molecule has 2 nitrogen and oxygen atoms in total. The van der Waals surface area contributed by atoms with Gasteiger partial charge in [0.1, 0.15) is 0 Å².